The third kappa shape index (κ3) is 4.82. The van der Waals surface area contributed by atoms with Crippen LogP contribution in [-0.4, -0.2) is 18.5 Å². The summed E-state index contributed by atoms with van der Waals surface area (Å²) in [6.45, 7) is 18.5. The molecule has 0 radical (unpaired) electrons. The molecule has 238 valence electrons. The molecule has 0 N–H and O–H groups in total. The second-order valence-electron chi connectivity index (χ2n) is 12.3. The average Bonchev–Trinajstić information content (AvgIpc) is 3.79. The van der Waals surface area contributed by atoms with Crippen molar-refractivity contribution in [1.29, 1.82) is 0 Å². The summed E-state index contributed by atoms with van der Waals surface area (Å²) < 4.78 is 13.0. The van der Waals surface area contributed by atoms with Crippen LogP contribution < -0.4 is 0 Å². The van der Waals surface area contributed by atoms with Crippen LogP contribution in [0.5, 0.6) is 0 Å². The maximum absolute atomic E-state index is 6.22. The fraction of sp³-hybridized carbons (Fsp3) is 0.140. The second kappa shape index (κ2) is 12.4. The number of fused-ring (bicyclic) bond motifs is 8. The Kier molecular flexibility index (Phi) is 7.98. The molecular formula is C43H40N4O. The fourth-order valence-corrected chi connectivity index (χ4v) is 6.91. The van der Waals surface area contributed by atoms with Crippen molar-refractivity contribution in [2.24, 2.45) is 5.92 Å². The summed E-state index contributed by atoms with van der Waals surface area (Å²) in [6.07, 6.45) is 20.5. The van der Waals surface area contributed by atoms with Gasteiger partial charge in [0.15, 0.2) is 0 Å². The van der Waals surface area contributed by atoms with Crippen molar-refractivity contribution in [3.63, 3.8) is 0 Å². The Bertz CT molecular complexity index is 2550. The van der Waals surface area contributed by atoms with Crippen LogP contribution in [0.25, 0.3) is 84.5 Å². The number of imidazole rings is 2. The largest absolute Gasteiger partial charge is 0.436 e. The highest BCUT2D eigenvalue weighted by Gasteiger charge is 2.24. The van der Waals surface area contributed by atoms with Crippen LogP contribution in [-0.2, 0) is 0 Å². The van der Waals surface area contributed by atoms with Crippen LogP contribution in [0.3, 0.4) is 0 Å². The Morgan fingerprint density at radius 3 is 2.19 bits per heavy atom. The van der Waals surface area contributed by atoms with Crippen molar-refractivity contribution < 1.29 is 4.42 Å². The highest BCUT2D eigenvalue weighted by atomic mass is 16.3. The molecule has 4 aromatic heterocycles. The molecule has 7 rings (SSSR count). The van der Waals surface area contributed by atoms with Crippen LogP contribution in [0.2, 0.25) is 0 Å². The molecule has 0 aliphatic rings. The van der Waals surface area contributed by atoms with E-state index in [9.17, 15) is 0 Å². The first-order valence-corrected chi connectivity index (χ1v) is 16.5. The maximum atomic E-state index is 6.22. The van der Waals surface area contributed by atoms with Crippen LogP contribution in [0.15, 0.2) is 127 Å². The predicted molar refractivity (Wildman–Crippen MR) is 207 cm³/mol. The Balaban J connectivity index is 1.53. The van der Waals surface area contributed by atoms with E-state index in [0.717, 1.165) is 67.2 Å². The number of hydrogen-bond acceptors (Lipinski definition) is 2. The molecule has 5 nitrogen and oxygen atoms in total. The Labute approximate surface area is 281 Å². The molecule has 0 saturated heterocycles. The van der Waals surface area contributed by atoms with Gasteiger partial charge >= 0.3 is 0 Å². The third-order valence-electron chi connectivity index (χ3n) is 8.72. The number of benzene rings is 3. The first-order valence-electron chi connectivity index (χ1n) is 16.5. The van der Waals surface area contributed by atoms with Crippen molar-refractivity contribution in [3.05, 3.63) is 134 Å². The minimum absolute atomic E-state index is 0.336. The number of allylic oxidation sites excluding steroid dienone is 10. The van der Waals surface area contributed by atoms with Gasteiger partial charge in [-0.1, -0.05) is 93.8 Å². The zero-order chi connectivity index (χ0) is 33.5. The van der Waals surface area contributed by atoms with Gasteiger partial charge in [-0.05, 0) is 92.5 Å². The minimum atomic E-state index is 0.336. The van der Waals surface area contributed by atoms with E-state index in [1.807, 2.05) is 26.0 Å². The van der Waals surface area contributed by atoms with Crippen LogP contribution in [0, 0.1) is 5.92 Å². The minimum Gasteiger partial charge on any atom is -0.436 e. The molecule has 7 aromatic rings. The Morgan fingerprint density at radius 2 is 1.48 bits per heavy atom. The number of rotatable bonds is 9. The summed E-state index contributed by atoms with van der Waals surface area (Å²) in [6, 6.07) is 22.1. The van der Waals surface area contributed by atoms with Gasteiger partial charge in [0.1, 0.15) is 11.3 Å². The van der Waals surface area contributed by atoms with E-state index < -0.39 is 0 Å². The van der Waals surface area contributed by atoms with Crippen LogP contribution in [0.4, 0.5) is 0 Å². The van der Waals surface area contributed by atoms with E-state index in [1.165, 1.54) is 10.8 Å². The van der Waals surface area contributed by atoms with Gasteiger partial charge < -0.3 is 8.98 Å². The Morgan fingerprint density at radius 1 is 0.771 bits per heavy atom. The lowest BCUT2D eigenvalue weighted by molar-refractivity contribution is 0.593. The van der Waals surface area contributed by atoms with Gasteiger partial charge in [0.2, 0.25) is 11.5 Å². The molecule has 0 spiro atoms. The summed E-state index contributed by atoms with van der Waals surface area (Å²) in [5.41, 5.74) is 11.4. The van der Waals surface area contributed by atoms with Crippen molar-refractivity contribution in [2.45, 2.75) is 34.6 Å². The lowest BCUT2D eigenvalue weighted by Gasteiger charge is -2.10. The van der Waals surface area contributed by atoms with Gasteiger partial charge in [0, 0.05) is 27.7 Å². The maximum Gasteiger partial charge on any atom is 0.248 e. The van der Waals surface area contributed by atoms with Crippen molar-refractivity contribution in [1.82, 2.24) is 18.5 Å². The molecule has 0 bridgehead atoms. The first-order chi connectivity index (χ1) is 23.4. The molecule has 3 aromatic carbocycles. The molecule has 4 heterocycles. The van der Waals surface area contributed by atoms with Gasteiger partial charge in [-0.25, -0.2) is 0 Å². The van der Waals surface area contributed by atoms with E-state index in [1.54, 1.807) is 6.08 Å². The smallest absolute Gasteiger partial charge is 0.248 e. The monoisotopic (exact) mass is 628 g/mol. The molecule has 0 unspecified atom stereocenters. The van der Waals surface area contributed by atoms with E-state index >= 15 is 0 Å². The average molecular weight is 629 g/mol. The van der Waals surface area contributed by atoms with E-state index in [2.05, 4.69) is 151 Å². The molecule has 5 heteroatoms. The number of para-hydroxylation sites is 1. The van der Waals surface area contributed by atoms with Gasteiger partial charge in [-0.2, -0.15) is 4.98 Å². The van der Waals surface area contributed by atoms with Gasteiger partial charge in [-0.15, -0.1) is 0 Å². The summed E-state index contributed by atoms with van der Waals surface area (Å²) in [4.78, 5) is 5.08. The molecule has 0 aliphatic heterocycles. The highest BCUT2D eigenvalue weighted by Crippen LogP contribution is 2.39. The molecule has 0 fully saturated rings. The number of furan rings is 1. The predicted octanol–water partition coefficient (Wildman–Crippen LogP) is 12.2. The van der Waals surface area contributed by atoms with Crippen molar-refractivity contribution >= 4 is 73.4 Å². The van der Waals surface area contributed by atoms with Gasteiger partial charge in [0.25, 0.3) is 0 Å². The molecule has 0 saturated carbocycles. The van der Waals surface area contributed by atoms with E-state index in [0.29, 0.717) is 11.6 Å². The van der Waals surface area contributed by atoms with Crippen LogP contribution in [0.1, 0.15) is 45.9 Å². The molecular weight excluding hydrogens is 589 g/mol. The molecule has 0 amide bonds. The second-order valence-corrected chi connectivity index (χ2v) is 12.3. The summed E-state index contributed by atoms with van der Waals surface area (Å²) in [5.74, 6) is 1.87. The quantitative estimate of drug-likeness (QED) is 0.149. The zero-order valence-corrected chi connectivity index (χ0v) is 28.2. The zero-order valence-electron chi connectivity index (χ0n) is 28.2. The Hall–Kier alpha value is -5.81. The molecule has 48 heavy (non-hydrogen) atoms. The summed E-state index contributed by atoms with van der Waals surface area (Å²) in [5, 5.41) is 2.42. The van der Waals surface area contributed by atoms with E-state index in [4.69, 9.17) is 9.40 Å². The normalized spacial score (nSPS) is 13.5. The number of nitrogens with zero attached hydrogens (tertiary/aromatic N) is 4. The standard InChI is InChI=1S/C43H40N4O/c1-8-15-31(16-9-2)45-36-20-14-13-19-33(36)35-26-29(21-23-37(35)45)30-22-24-38-39(27-30)46(32(17-10-3)25-28(6)7)43-44-42-41(47(38)43)34(18-11-4)40(12-5)48-42/h8-28H,1,5H2,2-4,6-7H3/b16-9-,17-10-,18-11-,31-15+,32-25+. The summed E-state index contributed by atoms with van der Waals surface area (Å²) >= 11 is 0. The van der Waals surface area contributed by atoms with Gasteiger partial charge in [-0.3, -0.25) is 8.97 Å². The van der Waals surface area contributed by atoms with Gasteiger partial charge in [0.05, 0.1) is 22.1 Å². The number of hydrogen-bond donors (Lipinski definition) is 0. The number of aromatic nitrogens is 4. The van der Waals surface area contributed by atoms with Crippen molar-refractivity contribution in [3.8, 4) is 11.1 Å². The fourth-order valence-electron chi connectivity index (χ4n) is 6.91. The summed E-state index contributed by atoms with van der Waals surface area (Å²) in [7, 11) is 0. The lowest BCUT2D eigenvalue weighted by atomic mass is 10.0. The molecule has 0 aliphatic carbocycles. The van der Waals surface area contributed by atoms with Crippen LogP contribution >= 0.6 is 0 Å². The SMILES string of the molecule is C=C/C=C(\C=C/C)n1c2ccccc2c2cc(-c3ccc4c(c3)n(C(/C=C\C)=C/C(C)C)c3nc5oc(C=C)c(/C=C\C)c5n43)ccc21. The topological polar surface area (TPSA) is 40.3 Å². The third-order valence-corrected chi connectivity index (χ3v) is 8.72. The lowest BCUT2D eigenvalue weighted by Crippen LogP contribution is -1.98. The molecule has 0 atom stereocenters. The van der Waals surface area contributed by atoms with E-state index in [-0.39, 0.29) is 0 Å². The highest BCUT2D eigenvalue weighted by molar-refractivity contribution is 6.12. The van der Waals surface area contributed by atoms with Crippen molar-refractivity contribution in [2.75, 3.05) is 0 Å². The first kappa shape index (κ1) is 30.8.